The van der Waals surface area contributed by atoms with E-state index in [1.807, 2.05) is 6.92 Å². The van der Waals surface area contributed by atoms with Crippen LogP contribution in [-0.2, 0) is 28.9 Å². The van der Waals surface area contributed by atoms with Crippen molar-refractivity contribution in [1.29, 1.82) is 0 Å². The van der Waals surface area contributed by atoms with Gasteiger partial charge in [0.05, 0.1) is 36.5 Å². The lowest BCUT2D eigenvalue weighted by atomic mass is 10.1. The Morgan fingerprint density at radius 2 is 1.95 bits per heavy atom. The zero-order valence-corrected chi connectivity index (χ0v) is 12.5. The number of rotatable bonds is 6. The minimum Gasteiger partial charge on any atom is -0.392 e. The second-order valence-corrected chi connectivity index (χ2v) is 6.51. The highest BCUT2D eigenvalue weighted by molar-refractivity contribution is 7.88. The number of hydrogen-bond donors (Lipinski definition) is 2. The van der Waals surface area contributed by atoms with Crippen LogP contribution < -0.4 is 4.72 Å². The van der Waals surface area contributed by atoms with E-state index in [0.717, 1.165) is 5.69 Å². The fourth-order valence-electron chi connectivity index (χ4n) is 1.78. The Morgan fingerprint density at radius 3 is 2.62 bits per heavy atom. The first-order valence-electron chi connectivity index (χ1n) is 6.42. The summed E-state index contributed by atoms with van der Waals surface area (Å²) in [5.41, 5.74) is 2.66. The Morgan fingerprint density at radius 1 is 1.19 bits per heavy atom. The van der Waals surface area contributed by atoms with Gasteiger partial charge in [-0.15, -0.1) is 0 Å². The van der Waals surface area contributed by atoms with E-state index in [2.05, 4.69) is 14.7 Å². The third-order valence-electron chi connectivity index (χ3n) is 2.84. The quantitative estimate of drug-likeness (QED) is 0.827. The normalized spacial score (nSPS) is 11.5. The molecule has 0 aliphatic heterocycles. The summed E-state index contributed by atoms with van der Waals surface area (Å²) in [4.78, 5) is 8.15. The van der Waals surface area contributed by atoms with Crippen LogP contribution in [0.1, 0.15) is 22.5 Å². The maximum Gasteiger partial charge on any atom is 0.216 e. The molecule has 1 heterocycles. The van der Waals surface area contributed by atoms with Crippen LogP contribution in [0.4, 0.5) is 0 Å². The van der Waals surface area contributed by atoms with Gasteiger partial charge in [-0.2, -0.15) is 0 Å². The van der Waals surface area contributed by atoms with Crippen molar-refractivity contribution in [2.75, 3.05) is 0 Å². The van der Waals surface area contributed by atoms with Crippen molar-refractivity contribution in [1.82, 2.24) is 14.7 Å². The Bertz CT molecular complexity index is 700. The number of hydrogen-bond acceptors (Lipinski definition) is 5. The van der Waals surface area contributed by atoms with E-state index < -0.39 is 10.0 Å². The van der Waals surface area contributed by atoms with Gasteiger partial charge in [-0.3, -0.25) is 9.97 Å². The minimum atomic E-state index is -3.47. The van der Waals surface area contributed by atoms with Crippen LogP contribution in [0.15, 0.2) is 36.7 Å². The SMILES string of the molecule is Cc1cnc(CNS(=O)(=O)Cc2cccc(CO)c2)cn1. The Kier molecular flexibility index (Phi) is 5.00. The van der Waals surface area contributed by atoms with E-state index in [4.69, 9.17) is 5.11 Å². The van der Waals surface area contributed by atoms with Crippen LogP contribution in [0.3, 0.4) is 0 Å². The van der Waals surface area contributed by atoms with Crippen molar-refractivity contribution in [3.63, 3.8) is 0 Å². The molecular formula is C14H17N3O3S. The second kappa shape index (κ2) is 6.75. The molecule has 0 unspecified atom stereocenters. The molecule has 7 heteroatoms. The molecule has 1 aromatic carbocycles. The molecule has 112 valence electrons. The number of sulfonamides is 1. The maximum atomic E-state index is 12.0. The predicted octanol–water partition coefficient (Wildman–Crippen LogP) is 0.897. The molecule has 2 rings (SSSR count). The van der Waals surface area contributed by atoms with Crippen molar-refractivity contribution in [2.24, 2.45) is 0 Å². The minimum absolute atomic E-state index is 0.106. The molecule has 21 heavy (non-hydrogen) atoms. The number of nitrogens with one attached hydrogen (secondary N) is 1. The van der Waals surface area contributed by atoms with Crippen LogP contribution in [-0.4, -0.2) is 23.5 Å². The highest BCUT2D eigenvalue weighted by Gasteiger charge is 2.12. The van der Waals surface area contributed by atoms with Crippen LogP contribution in [0, 0.1) is 6.92 Å². The second-order valence-electron chi connectivity index (χ2n) is 4.71. The van der Waals surface area contributed by atoms with Crippen molar-refractivity contribution in [2.45, 2.75) is 25.8 Å². The third kappa shape index (κ3) is 4.89. The summed E-state index contributed by atoms with van der Waals surface area (Å²) >= 11 is 0. The van der Waals surface area contributed by atoms with Gasteiger partial charge in [-0.1, -0.05) is 24.3 Å². The number of benzene rings is 1. The largest absolute Gasteiger partial charge is 0.392 e. The third-order valence-corrected chi connectivity index (χ3v) is 4.14. The van der Waals surface area contributed by atoms with Gasteiger partial charge in [-0.25, -0.2) is 13.1 Å². The van der Waals surface area contributed by atoms with Crippen molar-refractivity contribution in [3.05, 3.63) is 59.2 Å². The highest BCUT2D eigenvalue weighted by atomic mass is 32.2. The van der Waals surface area contributed by atoms with E-state index in [9.17, 15) is 8.42 Å². The van der Waals surface area contributed by atoms with Gasteiger partial charge < -0.3 is 5.11 Å². The molecule has 2 N–H and O–H groups in total. The Hall–Kier alpha value is -1.83. The number of aliphatic hydroxyl groups is 1. The first-order chi connectivity index (χ1) is 9.98. The Balaban J connectivity index is 1.99. The van der Waals surface area contributed by atoms with Crippen LogP contribution in [0.5, 0.6) is 0 Å². The molecular weight excluding hydrogens is 290 g/mol. The van der Waals surface area contributed by atoms with Crippen LogP contribution in [0.25, 0.3) is 0 Å². The average Bonchev–Trinajstić information content (AvgIpc) is 2.46. The number of aryl methyl sites for hydroxylation is 1. The van der Waals surface area contributed by atoms with Gasteiger partial charge in [-0.05, 0) is 18.1 Å². The van der Waals surface area contributed by atoms with E-state index in [-0.39, 0.29) is 18.9 Å². The topological polar surface area (TPSA) is 92.2 Å². The molecule has 0 aliphatic rings. The first kappa shape index (κ1) is 15.6. The van der Waals surface area contributed by atoms with Gasteiger partial charge in [0.1, 0.15) is 0 Å². The number of nitrogens with zero attached hydrogens (tertiary/aromatic N) is 2. The summed E-state index contributed by atoms with van der Waals surface area (Å²) in [5, 5.41) is 9.05. The molecule has 0 spiro atoms. The van der Waals surface area contributed by atoms with E-state index in [0.29, 0.717) is 16.8 Å². The summed E-state index contributed by atoms with van der Waals surface area (Å²) in [6.45, 7) is 1.81. The summed E-state index contributed by atoms with van der Waals surface area (Å²) in [6, 6.07) is 6.85. The molecule has 0 aliphatic carbocycles. The number of aliphatic hydroxyl groups excluding tert-OH is 1. The molecule has 0 bridgehead atoms. The predicted molar refractivity (Wildman–Crippen MR) is 78.6 cm³/mol. The Labute approximate surface area is 123 Å². The fourth-order valence-corrected chi connectivity index (χ4v) is 2.87. The standard InChI is InChI=1S/C14H17N3O3S/c1-11-6-16-14(7-15-11)8-17-21(19,20)10-13-4-2-3-12(5-13)9-18/h2-7,17-18H,8-10H2,1H3. The molecule has 0 atom stereocenters. The summed E-state index contributed by atoms with van der Waals surface area (Å²) < 4.78 is 26.5. The molecule has 0 radical (unpaired) electrons. The summed E-state index contributed by atoms with van der Waals surface area (Å²) in [6.07, 6.45) is 3.14. The smallest absolute Gasteiger partial charge is 0.216 e. The van der Waals surface area contributed by atoms with E-state index in [1.54, 1.807) is 36.7 Å². The summed E-state index contributed by atoms with van der Waals surface area (Å²) in [7, 11) is -3.47. The molecule has 0 saturated heterocycles. The lowest BCUT2D eigenvalue weighted by Gasteiger charge is -2.07. The lowest BCUT2D eigenvalue weighted by molar-refractivity contribution is 0.282. The van der Waals surface area contributed by atoms with Gasteiger partial charge in [0, 0.05) is 6.20 Å². The molecule has 0 amide bonds. The van der Waals surface area contributed by atoms with Gasteiger partial charge in [0.25, 0.3) is 0 Å². The fraction of sp³-hybridized carbons (Fsp3) is 0.286. The van der Waals surface area contributed by atoms with Crippen LogP contribution >= 0.6 is 0 Å². The molecule has 0 saturated carbocycles. The van der Waals surface area contributed by atoms with Crippen LogP contribution in [0.2, 0.25) is 0 Å². The van der Waals surface area contributed by atoms with Crippen molar-refractivity contribution in [3.8, 4) is 0 Å². The zero-order valence-electron chi connectivity index (χ0n) is 11.7. The molecule has 6 nitrogen and oxygen atoms in total. The zero-order chi connectivity index (χ0) is 15.3. The first-order valence-corrected chi connectivity index (χ1v) is 8.07. The average molecular weight is 307 g/mol. The van der Waals surface area contributed by atoms with Gasteiger partial charge in [0.2, 0.25) is 10.0 Å². The van der Waals surface area contributed by atoms with Crippen molar-refractivity contribution >= 4 is 10.0 Å². The van der Waals surface area contributed by atoms with E-state index in [1.165, 1.54) is 0 Å². The molecule has 0 fully saturated rings. The lowest BCUT2D eigenvalue weighted by Crippen LogP contribution is -2.25. The van der Waals surface area contributed by atoms with E-state index >= 15 is 0 Å². The highest BCUT2D eigenvalue weighted by Crippen LogP contribution is 2.09. The van der Waals surface area contributed by atoms with Crippen molar-refractivity contribution < 1.29 is 13.5 Å². The monoisotopic (exact) mass is 307 g/mol. The molecule has 1 aromatic heterocycles. The van der Waals surface area contributed by atoms with Gasteiger partial charge >= 0.3 is 0 Å². The molecule has 2 aromatic rings. The summed E-state index contributed by atoms with van der Waals surface area (Å²) in [5.74, 6) is -0.139. The maximum absolute atomic E-state index is 12.0. The van der Waals surface area contributed by atoms with Gasteiger partial charge in [0.15, 0.2) is 0 Å². The number of aromatic nitrogens is 2.